The topological polar surface area (TPSA) is 28.7 Å². The van der Waals surface area contributed by atoms with E-state index in [-0.39, 0.29) is 0 Å². The number of H-pyrrole nitrogens is 1. The standard InChI is InChI=1S/C14H10Cl2N2S/c1-8-4-12(14-17-2-3-19-14)13(18-8)9-5-10(15)7-11(16)6-9/h2-7,18H,1H3. The first-order valence-electron chi connectivity index (χ1n) is 5.69. The summed E-state index contributed by atoms with van der Waals surface area (Å²) in [6.45, 7) is 2.02. The van der Waals surface area contributed by atoms with E-state index >= 15 is 0 Å². The molecule has 0 fully saturated rings. The van der Waals surface area contributed by atoms with Crippen LogP contribution in [0.2, 0.25) is 10.0 Å². The first-order valence-corrected chi connectivity index (χ1v) is 7.33. The molecule has 1 N–H and O–H groups in total. The number of aromatic amines is 1. The lowest BCUT2D eigenvalue weighted by molar-refractivity contribution is 1.27. The molecule has 96 valence electrons. The minimum Gasteiger partial charge on any atom is -0.358 e. The van der Waals surface area contributed by atoms with Crippen LogP contribution in [-0.4, -0.2) is 9.97 Å². The maximum atomic E-state index is 6.07. The van der Waals surface area contributed by atoms with Gasteiger partial charge in [0.05, 0.1) is 5.69 Å². The Bertz CT molecular complexity index is 697. The minimum absolute atomic E-state index is 0.625. The predicted octanol–water partition coefficient (Wildman–Crippen LogP) is 5.42. The summed E-state index contributed by atoms with van der Waals surface area (Å²) in [5.41, 5.74) is 4.12. The zero-order valence-electron chi connectivity index (χ0n) is 10.1. The number of aromatic nitrogens is 2. The van der Waals surface area contributed by atoms with Gasteiger partial charge in [-0.1, -0.05) is 23.2 Å². The lowest BCUT2D eigenvalue weighted by Crippen LogP contribution is -1.83. The average molecular weight is 309 g/mol. The molecule has 0 radical (unpaired) electrons. The van der Waals surface area contributed by atoms with Crippen molar-refractivity contribution in [3.8, 4) is 21.8 Å². The Morgan fingerprint density at radius 3 is 2.47 bits per heavy atom. The summed E-state index contributed by atoms with van der Waals surface area (Å²) in [7, 11) is 0. The van der Waals surface area contributed by atoms with E-state index in [9.17, 15) is 0 Å². The van der Waals surface area contributed by atoms with Gasteiger partial charge in [-0.2, -0.15) is 0 Å². The summed E-state index contributed by atoms with van der Waals surface area (Å²) in [5.74, 6) is 0. The number of benzene rings is 1. The summed E-state index contributed by atoms with van der Waals surface area (Å²) >= 11 is 13.8. The molecular weight excluding hydrogens is 299 g/mol. The molecule has 2 aromatic heterocycles. The molecule has 0 aliphatic carbocycles. The second-order valence-electron chi connectivity index (χ2n) is 4.24. The highest BCUT2D eigenvalue weighted by Gasteiger charge is 2.13. The first kappa shape index (κ1) is 12.7. The summed E-state index contributed by atoms with van der Waals surface area (Å²) in [6.07, 6.45) is 1.80. The molecule has 19 heavy (non-hydrogen) atoms. The van der Waals surface area contributed by atoms with Gasteiger partial charge in [-0.15, -0.1) is 11.3 Å². The normalized spacial score (nSPS) is 10.9. The molecule has 0 spiro atoms. The molecule has 0 atom stereocenters. The van der Waals surface area contributed by atoms with Gasteiger partial charge in [-0.25, -0.2) is 4.98 Å². The third-order valence-electron chi connectivity index (χ3n) is 2.77. The molecule has 0 amide bonds. The maximum absolute atomic E-state index is 6.07. The van der Waals surface area contributed by atoms with Gasteiger partial charge >= 0.3 is 0 Å². The number of nitrogens with one attached hydrogen (secondary N) is 1. The van der Waals surface area contributed by atoms with Crippen molar-refractivity contribution in [3.63, 3.8) is 0 Å². The Hall–Kier alpha value is -1.29. The Morgan fingerprint density at radius 1 is 1.11 bits per heavy atom. The molecule has 2 nitrogen and oxygen atoms in total. The summed E-state index contributed by atoms with van der Waals surface area (Å²) in [6, 6.07) is 7.61. The van der Waals surface area contributed by atoms with Crippen LogP contribution in [0.1, 0.15) is 5.69 Å². The largest absolute Gasteiger partial charge is 0.358 e. The van der Waals surface area contributed by atoms with Gasteiger partial charge in [0, 0.05) is 38.4 Å². The number of hydrogen-bond acceptors (Lipinski definition) is 2. The van der Waals surface area contributed by atoms with E-state index in [1.54, 1.807) is 23.6 Å². The number of thiazole rings is 1. The van der Waals surface area contributed by atoms with Gasteiger partial charge in [-0.3, -0.25) is 0 Å². The summed E-state index contributed by atoms with van der Waals surface area (Å²) < 4.78 is 0. The highest BCUT2D eigenvalue weighted by atomic mass is 35.5. The van der Waals surface area contributed by atoms with Crippen LogP contribution in [0.4, 0.5) is 0 Å². The molecule has 5 heteroatoms. The van der Waals surface area contributed by atoms with E-state index in [0.717, 1.165) is 27.5 Å². The number of halogens is 2. The molecule has 0 aliphatic rings. The van der Waals surface area contributed by atoms with Crippen LogP contribution in [0, 0.1) is 6.92 Å². The van der Waals surface area contributed by atoms with E-state index in [1.807, 2.05) is 24.4 Å². The number of hydrogen-bond donors (Lipinski definition) is 1. The summed E-state index contributed by atoms with van der Waals surface area (Å²) in [4.78, 5) is 7.72. The molecule has 3 rings (SSSR count). The molecule has 2 heterocycles. The SMILES string of the molecule is Cc1cc(-c2nccs2)c(-c2cc(Cl)cc(Cl)c2)[nH]1. The van der Waals surface area contributed by atoms with Crippen molar-refractivity contribution in [2.75, 3.05) is 0 Å². The van der Waals surface area contributed by atoms with Gasteiger partial charge < -0.3 is 4.98 Å². The molecule has 0 bridgehead atoms. The van der Waals surface area contributed by atoms with Crippen molar-refractivity contribution < 1.29 is 0 Å². The van der Waals surface area contributed by atoms with Crippen molar-refractivity contribution in [2.24, 2.45) is 0 Å². The van der Waals surface area contributed by atoms with Gasteiger partial charge in [0.2, 0.25) is 0 Å². The fourth-order valence-corrected chi connectivity index (χ4v) is 3.23. The van der Waals surface area contributed by atoms with Crippen LogP contribution in [0.5, 0.6) is 0 Å². The molecule has 0 saturated heterocycles. The molecule has 3 aromatic rings. The van der Waals surface area contributed by atoms with Crippen molar-refractivity contribution >= 4 is 34.5 Å². The second-order valence-corrected chi connectivity index (χ2v) is 6.00. The van der Waals surface area contributed by atoms with E-state index in [0.29, 0.717) is 10.0 Å². The van der Waals surface area contributed by atoms with E-state index in [2.05, 4.69) is 16.0 Å². The van der Waals surface area contributed by atoms with Gasteiger partial charge in [-0.05, 0) is 31.2 Å². The van der Waals surface area contributed by atoms with Crippen LogP contribution >= 0.6 is 34.5 Å². The molecule has 0 aliphatic heterocycles. The Kier molecular flexibility index (Phi) is 3.35. The van der Waals surface area contributed by atoms with E-state index < -0.39 is 0 Å². The zero-order valence-corrected chi connectivity index (χ0v) is 12.4. The molecule has 1 aromatic carbocycles. The molecular formula is C14H10Cl2N2S. The lowest BCUT2D eigenvalue weighted by Gasteiger charge is -2.04. The van der Waals surface area contributed by atoms with Gasteiger partial charge in [0.1, 0.15) is 5.01 Å². The van der Waals surface area contributed by atoms with E-state index in [4.69, 9.17) is 23.2 Å². The quantitative estimate of drug-likeness (QED) is 0.672. The number of aryl methyl sites for hydroxylation is 1. The van der Waals surface area contributed by atoms with Crippen molar-refractivity contribution in [1.82, 2.24) is 9.97 Å². The molecule has 0 unspecified atom stereocenters. The van der Waals surface area contributed by atoms with Crippen LogP contribution in [0.15, 0.2) is 35.8 Å². The fraction of sp³-hybridized carbons (Fsp3) is 0.0714. The Balaban J connectivity index is 2.20. The molecule has 0 saturated carbocycles. The van der Waals surface area contributed by atoms with Crippen LogP contribution in [0.3, 0.4) is 0 Å². The number of rotatable bonds is 2. The zero-order chi connectivity index (χ0) is 13.4. The van der Waals surface area contributed by atoms with Crippen molar-refractivity contribution in [2.45, 2.75) is 6.92 Å². The Labute approximate surface area is 125 Å². The van der Waals surface area contributed by atoms with Crippen LogP contribution in [-0.2, 0) is 0 Å². The third kappa shape index (κ3) is 2.54. The average Bonchev–Trinajstić information content (AvgIpc) is 2.95. The third-order valence-corrected chi connectivity index (χ3v) is 4.01. The predicted molar refractivity (Wildman–Crippen MR) is 82.1 cm³/mol. The highest BCUT2D eigenvalue weighted by molar-refractivity contribution is 7.13. The smallest absolute Gasteiger partial charge is 0.125 e. The highest BCUT2D eigenvalue weighted by Crippen LogP contribution is 2.35. The maximum Gasteiger partial charge on any atom is 0.125 e. The fourth-order valence-electron chi connectivity index (χ4n) is 2.04. The minimum atomic E-state index is 0.625. The second kappa shape index (κ2) is 5.00. The summed E-state index contributed by atoms with van der Waals surface area (Å²) in [5, 5.41) is 4.20. The Morgan fingerprint density at radius 2 is 1.84 bits per heavy atom. The van der Waals surface area contributed by atoms with Crippen LogP contribution < -0.4 is 0 Å². The van der Waals surface area contributed by atoms with Gasteiger partial charge in [0.15, 0.2) is 0 Å². The van der Waals surface area contributed by atoms with Crippen molar-refractivity contribution in [3.05, 3.63) is 51.6 Å². The van der Waals surface area contributed by atoms with E-state index in [1.165, 1.54) is 0 Å². The van der Waals surface area contributed by atoms with Gasteiger partial charge in [0.25, 0.3) is 0 Å². The monoisotopic (exact) mass is 308 g/mol. The van der Waals surface area contributed by atoms with Crippen molar-refractivity contribution in [1.29, 1.82) is 0 Å². The first-order chi connectivity index (χ1) is 9.13. The number of nitrogens with zero attached hydrogens (tertiary/aromatic N) is 1. The van der Waals surface area contributed by atoms with Crippen LogP contribution in [0.25, 0.3) is 21.8 Å². The lowest BCUT2D eigenvalue weighted by atomic mass is 10.1.